The van der Waals surface area contributed by atoms with Crippen molar-refractivity contribution in [3.05, 3.63) is 64.1 Å². The first kappa shape index (κ1) is 25.5. The molecule has 0 atom stereocenters. The van der Waals surface area contributed by atoms with Crippen molar-refractivity contribution >= 4 is 39.5 Å². The SMILES string of the molecule is CCN(CC)CCNC(=O)c1ccc(NC(=O)C=Cc2cc(Br)ccc2OC(F)F)cc1. The summed E-state index contributed by atoms with van der Waals surface area (Å²) in [4.78, 5) is 26.6. The van der Waals surface area contributed by atoms with Gasteiger partial charge in [0, 0.05) is 40.5 Å². The number of benzene rings is 2. The molecule has 32 heavy (non-hydrogen) atoms. The molecule has 0 saturated carbocycles. The highest BCUT2D eigenvalue weighted by Gasteiger charge is 2.10. The number of likely N-dealkylation sites (N-methyl/N-ethyl adjacent to an activating group) is 1. The Balaban J connectivity index is 1.93. The molecule has 0 aliphatic rings. The Morgan fingerprint density at radius 3 is 2.44 bits per heavy atom. The highest BCUT2D eigenvalue weighted by Crippen LogP contribution is 2.26. The second-order valence-corrected chi connectivity index (χ2v) is 7.66. The minimum absolute atomic E-state index is 0.0383. The third kappa shape index (κ3) is 8.39. The number of nitrogens with one attached hydrogen (secondary N) is 2. The van der Waals surface area contributed by atoms with Gasteiger partial charge in [0.25, 0.3) is 5.91 Å². The Kier molecular flexibility index (Phi) is 10.3. The lowest BCUT2D eigenvalue weighted by Gasteiger charge is -2.17. The fraction of sp³-hybridized carbons (Fsp3) is 0.304. The van der Waals surface area contributed by atoms with E-state index in [9.17, 15) is 18.4 Å². The van der Waals surface area contributed by atoms with Crippen LogP contribution in [-0.4, -0.2) is 49.5 Å². The van der Waals surface area contributed by atoms with Crippen molar-refractivity contribution in [3.8, 4) is 5.75 Å². The average Bonchev–Trinajstić information content (AvgIpc) is 2.77. The zero-order valence-corrected chi connectivity index (χ0v) is 19.5. The largest absolute Gasteiger partial charge is 0.434 e. The number of rotatable bonds is 11. The highest BCUT2D eigenvalue weighted by molar-refractivity contribution is 9.10. The summed E-state index contributed by atoms with van der Waals surface area (Å²) in [5, 5.41) is 5.53. The van der Waals surface area contributed by atoms with Crippen LogP contribution in [0.5, 0.6) is 5.75 Å². The Hall–Kier alpha value is -2.78. The molecule has 0 saturated heterocycles. The molecule has 0 aliphatic heterocycles. The summed E-state index contributed by atoms with van der Waals surface area (Å²) in [6.07, 6.45) is 2.60. The summed E-state index contributed by atoms with van der Waals surface area (Å²) in [5.74, 6) is -0.677. The number of carbonyl (C=O) groups is 2. The van der Waals surface area contributed by atoms with Gasteiger partial charge in [-0.25, -0.2) is 0 Å². The lowest BCUT2D eigenvalue weighted by Crippen LogP contribution is -2.34. The molecule has 2 aromatic rings. The van der Waals surface area contributed by atoms with Crippen molar-refractivity contribution in [1.82, 2.24) is 10.2 Å². The van der Waals surface area contributed by atoms with E-state index in [0.29, 0.717) is 27.8 Å². The molecule has 0 spiro atoms. The van der Waals surface area contributed by atoms with Crippen LogP contribution in [0.4, 0.5) is 14.5 Å². The van der Waals surface area contributed by atoms with Crippen molar-refractivity contribution < 1.29 is 23.1 Å². The molecule has 2 rings (SSSR count). The van der Waals surface area contributed by atoms with Crippen LogP contribution in [0, 0.1) is 0 Å². The van der Waals surface area contributed by atoms with Gasteiger partial charge in [-0.2, -0.15) is 8.78 Å². The van der Waals surface area contributed by atoms with Crippen LogP contribution in [0.2, 0.25) is 0 Å². The molecule has 172 valence electrons. The van der Waals surface area contributed by atoms with E-state index in [1.807, 2.05) is 0 Å². The average molecular weight is 510 g/mol. The molecule has 6 nitrogen and oxygen atoms in total. The molecule has 0 unspecified atom stereocenters. The van der Waals surface area contributed by atoms with Crippen LogP contribution in [0.3, 0.4) is 0 Å². The van der Waals surface area contributed by atoms with Crippen LogP contribution < -0.4 is 15.4 Å². The van der Waals surface area contributed by atoms with E-state index < -0.39 is 12.5 Å². The van der Waals surface area contributed by atoms with Gasteiger partial charge in [0.05, 0.1) is 0 Å². The maximum absolute atomic E-state index is 12.5. The summed E-state index contributed by atoms with van der Waals surface area (Å²) in [6, 6.07) is 11.0. The van der Waals surface area contributed by atoms with Crippen molar-refractivity contribution in [2.24, 2.45) is 0 Å². The van der Waals surface area contributed by atoms with Crippen LogP contribution >= 0.6 is 15.9 Å². The molecule has 9 heteroatoms. The van der Waals surface area contributed by atoms with Gasteiger partial charge in [0.1, 0.15) is 5.75 Å². The fourth-order valence-electron chi connectivity index (χ4n) is 2.88. The van der Waals surface area contributed by atoms with Crippen LogP contribution in [0.15, 0.2) is 53.0 Å². The van der Waals surface area contributed by atoms with E-state index in [2.05, 4.69) is 50.0 Å². The lowest BCUT2D eigenvalue weighted by molar-refractivity contribution is -0.111. The van der Waals surface area contributed by atoms with Crippen molar-refractivity contribution in [2.45, 2.75) is 20.5 Å². The second kappa shape index (κ2) is 12.9. The number of nitrogens with zero attached hydrogens (tertiary/aromatic N) is 1. The van der Waals surface area contributed by atoms with Crippen LogP contribution in [0.25, 0.3) is 6.08 Å². The first-order chi connectivity index (χ1) is 15.3. The number of alkyl halides is 2. The molecule has 0 radical (unpaired) electrons. The van der Waals surface area contributed by atoms with E-state index in [1.54, 1.807) is 36.4 Å². The minimum Gasteiger partial charge on any atom is -0.434 e. The summed E-state index contributed by atoms with van der Waals surface area (Å²) >= 11 is 3.26. The van der Waals surface area contributed by atoms with Gasteiger partial charge < -0.3 is 20.3 Å². The number of hydrogen-bond acceptors (Lipinski definition) is 4. The number of hydrogen-bond donors (Lipinski definition) is 2. The van der Waals surface area contributed by atoms with Gasteiger partial charge in [-0.3, -0.25) is 9.59 Å². The smallest absolute Gasteiger partial charge is 0.387 e. The van der Waals surface area contributed by atoms with Crippen molar-refractivity contribution in [1.29, 1.82) is 0 Å². The van der Waals surface area contributed by atoms with Gasteiger partial charge in [-0.15, -0.1) is 0 Å². The Labute approximate surface area is 194 Å². The van der Waals surface area contributed by atoms with Crippen LogP contribution in [0.1, 0.15) is 29.8 Å². The van der Waals surface area contributed by atoms with Crippen LogP contribution in [-0.2, 0) is 4.79 Å². The van der Waals surface area contributed by atoms with E-state index in [0.717, 1.165) is 19.6 Å². The molecule has 0 heterocycles. The second-order valence-electron chi connectivity index (χ2n) is 6.74. The number of amides is 2. The van der Waals surface area contributed by atoms with Crippen molar-refractivity contribution in [2.75, 3.05) is 31.5 Å². The minimum atomic E-state index is -2.97. The Bertz CT molecular complexity index is 933. The Morgan fingerprint density at radius 1 is 1.12 bits per heavy atom. The number of ether oxygens (including phenoxy) is 1. The summed E-state index contributed by atoms with van der Waals surface area (Å²) in [5.41, 5.74) is 1.31. The third-order valence-corrected chi connectivity index (χ3v) is 5.12. The first-order valence-corrected chi connectivity index (χ1v) is 11.0. The normalized spacial score (nSPS) is 11.2. The highest BCUT2D eigenvalue weighted by atomic mass is 79.9. The monoisotopic (exact) mass is 509 g/mol. The zero-order chi connectivity index (χ0) is 23.5. The molecule has 0 bridgehead atoms. The predicted octanol–water partition coefficient (Wildman–Crippen LogP) is 4.77. The Morgan fingerprint density at radius 2 is 1.81 bits per heavy atom. The van der Waals surface area contributed by atoms with Gasteiger partial charge in [0.2, 0.25) is 5.91 Å². The first-order valence-electron chi connectivity index (χ1n) is 10.2. The third-order valence-electron chi connectivity index (χ3n) is 4.62. The number of carbonyl (C=O) groups excluding carboxylic acids is 2. The summed E-state index contributed by atoms with van der Waals surface area (Å²) in [7, 11) is 0. The molecule has 2 amide bonds. The van der Waals surface area contributed by atoms with Gasteiger partial charge in [0.15, 0.2) is 0 Å². The van der Waals surface area contributed by atoms with E-state index in [4.69, 9.17) is 0 Å². The molecule has 0 aromatic heterocycles. The van der Waals surface area contributed by atoms with Gasteiger partial charge >= 0.3 is 6.61 Å². The van der Waals surface area contributed by atoms with Gasteiger partial charge in [-0.05, 0) is 61.6 Å². The van der Waals surface area contributed by atoms with Gasteiger partial charge in [-0.1, -0.05) is 29.8 Å². The summed E-state index contributed by atoms with van der Waals surface area (Å²) < 4.78 is 30.2. The lowest BCUT2D eigenvalue weighted by atomic mass is 10.1. The molecule has 0 aliphatic carbocycles. The molecular formula is C23H26BrF2N3O3. The number of halogens is 3. The molecule has 2 aromatic carbocycles. The zero-order valence-electron chi connectivity index (χ0n) is 17.9. The predicted molar refractivity (Wildman–Crippen MR) is 125 cm³/mol. The molecule has 0 fully saturated rings. The molecule has 2 N–H and O–H groups in total. The maximum Gasteiger partial charge on any atom is 0.387 e. The van der Waals surface area contributed by atoms with E-state index >= 15 is 0 Å². The maximum atomic E-state index is 12.5. The number of anilines is 1. The topological polar surface area (TPSA) is 70.7 Å². The fourth-order valence-corrected chi connectivity index (χ4v) is 3.26. The van der Waals surface area contributed by atoms with E-state index in [-0.39, 0.29) is 11.7 Å². The van der Waals surface area contributed by atoms with E-state index in [1.165, 1.54) is 18.2 Å². The summed E-state index contributed by atoms with van der Waals surface area (Å²) in [6.45, 7) is 4.36. The molecular weight excluding hydrogens is 484 g/mol. The standard InChI is InChI=1S/C23H26BrF2N3O3/c1-3-29(4-2)14-13-27-22(31)16-5-9-19(10-6-16)28-21(30)12-7-17-15-18(24)8-11-20(17)32-23(25)26/h5-12,15,23H,3-4,13-14H2,1-2H3,(H,27,31)(H,28,30). The van der Waals surface area contributed by atoms with Crippen molar-refractivity contribution in [3.63, 3.8) is 0 Å². The quantitative estimate of drug-likeness (QED) is 0.428.